The Morgan fingerprint density at radius 2 is 1.84 bits per heavy atom. The van der Waals surface area contributed by atoms with E-state index in [0.717, 1.165) is 37.9 Å². The van der Waals surface area contributed by atoms with Crippen LogP contribution in [-0.4, -0.2) is 52.8 Å². The standard InChI is InChI=1S/C28H31N7O3/c1-3-12-34-25-23(27(37)35(13-4-2)28(34)38)30-24(31-25)22-18-29-33(19-22)16-8-10-20-9-7-11-21(17-20)26(36)32-14-5-6-15-32/h7,9,11,17-19H,3-6,12-16H2,1-2H3,(H,30,31). The fourth-order valence-corrected chi connectivity index (χ4v) is 4.78. The van der Waals surface area contributed by atoms with Crippen LogP contribution in [-0.2, 0) is 19.6 Å². The number of nitrogens with one attached hydrogen (secondary N) is 1. The van der Waals surface area contributed by atoms with Gasteiger partial charge in [-0.25, -0.2) is 9.78 Å². The lowest BCUT2D eigenvalue weighted by molar-refractivity contribution is 0.0793. The molecule has 196 valence electrons. The second kappa shape index (κ2) is 10.9. The molecule has 0 spiro atoms. The molecule has 1 amide bonds. The minimum absolute atomic E-state index is 0.0551. The van der Waals surface area contributed by atoms with Crippen molar-refractivity contribution in [2.75, 3.05) is 13.1 Å². The molecule has 3 aromatic heterocycles. The predicted octanol–water partition coefficient (Wildman–Crippen LogP) is 2.86. The van der Waals surface area contributed by atoms with Gasteiger partial charge < -0.3 is 9.88 Å². The van der Waals surface area contributed by atoms with E-state index in [1.54, 1.807) is 21.6 Å². The van der Waals surface area contributed by atoms with Crippen LogP contribution in [0, 0.1) is 11.8 Å². The third-order valence-corrected chi connectivity index (χ3v) is 6.64. The summed E-state index contributed by atoms with van der Waals surface area (Å²) in [6, 6.07) is 7.40. The van der Waals surface area contributed by atoms with Crippen LogP contribution in [0.1, 0.15) is 55.5 Å². The molecular formula is C28H31N7O3. The average Bonchev–Trinajstić information content (AvgIpc) is 3.70. The molecule has 0 saturated carbocycles. The summed E-state index contributed by atoms with van der Waals surface area (Å²) in [6.45, 7) is 6.71. The smallest absolute Gasteiger partial charge is 0.332 e. The van der Waals surface area contributed by atoms with Crippen molar-refractivity contribution in [2.24, 2.45) is 0 Å². The number of hydrogen-bond donors (Lipinski definition) is 1. The number of benzene rings is 1. The van der Waals surface area contributed by atoms with Crippen molar-refractivity contribution >= 4 is 17.1 Å². The molecule has 1 N–H and O–H groups in total. The number of hydrogen-bond acceptors (Lipinski definition) is 5. The Labute approximate surface area is 219 Å². The number of carbonyl (C=O) groups excluding carboxylic acids is 1. The first-order valence-corrected chi connectivity index (χ1v) is 13.1. The SMILES string of the molecule is CCCn1c(=O)c2[nH]c(-c3cnn(CC#Cc4cccc(C(=O)N5CCCC5)c4)c3)nc2n(CCC)c1=O. The number of fused-ring (bicyclic) bond motifs is 1. The topological polar surface area (TPSA) is 111 Å². The van der Waals surface area contributed by atoms with Crippen LogP contribution in [0.3, 0.4) is 0 Å². The van der Waals surface area contributed by atoms with E-state index in [1.807, 2.05) is 43.0 Å². The maximum Gasteiger partial charge on any atom is 0.332 e. The van der Waals surface area contributed by atoms with Crippen molar-refractivity contribution < 1.29 is 4.79 Å². The number of imidazole rings is 1. The number of amides is 1. The van der Waals surface area contributed by atoms with Crippen LogP contribution < -0.4 is 11.2 Å². The first kappa shape index (κ1) is 25.3. The Kier molecular flexibility index (Phi) is 7.26. The molecule has 1 fully saturated rings. The lowest BCUT2D eigenvalue weighted by Gasteiger charge is -2.15. The zero-order valence-electron chi connectivity index (χ0n) is 21.7. The Hall–Kier alpha value is -4.39. The van der Waals surface area contributed by atoms with Crippen molar-refractivity contribution in [3.8, 4) is 23.2 Å². The maximum absolute atomic E-state index is 13.0. The van der Waals surface area contributed by atoms with Gasteiger partial charge in [-0.2, -0.15) is 5.10 Å². The van der Waals surface area contributed by atoms with E-state index in [-0.39, 0.29) is 17.2 Å². The van der Waals surface area contributed by atoms with Crippen LogP contribution in [0.4, 0.5) is 0 Å². The Morgan fingerprint density at radius 3 is 2.61 bits per heavy atom. The normalized spacial score (nSPS) is 13.2. The second-order valence-electron chi connectivity index (χ2n) is 9.48. The van der Waals surface area contributed by atoms with Gasteiger partial charge in [-0.05, 0) is 43.9 Å². The highest BCUT2D eigenvalue weighted by molar-refractivity contribution is 5.94. The number of carbonyl (C=O) groups is 1. The Morgan fingerprint density at radius 1 is 1.08 bits per heavy atom. The summed E-state index contributed by atoms with van der Waals surface area (Å²) >= 11 is 0. The molecule has 1 aliphatic heterocycles. The van der Waals surface area contributed by atoms with Gasteiger partial charge in [0.25, 0.3) is 11.5 Å². The van der Waals surface area contributed by atoms with Gasteiger partial charge in [0.2, 0.25) is 0 Å². The summed E-state index contributed by atoms with van der Waals surface area (Å²) in [5, 5.41) is 4.38. The van der Waals surface area contributed by atoms with Crippen molar-refractivity contribution in [2.45, 2.75) is 59.2 Å². The molecule has 10 nitrogen and oxygen atoms in total. The van der Waals surface area contributed by atoms with Gasteiger partial charge in [0.05, 0.1) is 11.8 Å². The molecule has 4 heterocycles. The number of aromatic nitrogens is 6. The number of H-pyrrole nitrogens is 1. The van der Waals surface area contributed by atoms with E-state index in [2.05, 4.69) is 26.9 Å². The van der Waals surface area contributed by atoms with Gasteiger partial charge >= 0.3 is 5.69 Å². The number of nitrogens with zero attached hydrogens (tertiary/aromatic N) is 6. The van der Waals surface area contributed by atoms with E-state index in [4.69, 9.17) is 0 Å². The fourth-order valence-electron chi connectivity index (χ4n) is 4.78. The zero-order valence-corrected chi connectivity index (χ0v) is 21.7. The molecule has 0 radical (unpaired) electrons. The third kappa shape index (κ3) is 4.92. The Balaban J connectivity index is 1.37. The van der Waals surface area contributed by atoms with Crippen molar-refractivity contribution in [3.63, 3.8) is 0 Å². The molecule has 38 heavy (non-hydrogen) atoms. The molecule has 0 unspecified atom stereocenters. The minimum Gasteiger partial charge on any atom is -0.339 e. The summed E-state index contributed by atoms with van der Waals surface area (Å²) in [4.78, 5) is 48.1. The van der Waals surface area contributed by atoms with Crippen molar-refractivity contribution in [1.82, 2.24) is 33.8 Å². The lowest BCUT2D eigenvalue weighted by Crippen LogP contribution is -2.40. The van der Waals surface area contributed by atoms with Crippen LogP contribution in [0.15, 0.2) is 46.2 Å². The summed E-state index contributed by atoms with van der Waals surface area (Å²) in [5.74, 6) is 6.75. The maximum atomic E-state index is 13.0. The molecule has 4 aromatic rings. The van der Waals surface area contributed by atoms with Gasteiger partial charge in [-0.3, -0.25) is 23.4 Å². The largest absolute Gasteiger partial charge is 0.339 e. The molecule has 1 saturated heterocycles. The van der Waals surface area contributed by atoms with Crippen LogP contribution in [0.5, 0.6) is 0 Å². The van der Waals surface area contributed by atoms with Gasteiger partial charge in [0.1, 0.15) is 17.9 Å². The molecule has 1 aromatic carbocycles. The average molecular weight is 514 g/mol. The van der Waals surface area contributed by atoms with E-state index < -0.39 is 0 Å². The van der Waals surface area contributed by atoms with Gasteiger partial charge in [-0.15, -0.1) is 0 Å². The van der Waals surface area contributed by atoms with Crippen LogP contribution in [0.2, 0.25) is 0 Å². The van der Waals surface area contributed by atoms with Gasteiger partial charge in [0, 0.05) is 43.5 Å². The monoisotopic (exact) mass is 513 g/mol. The summed E-state index contributed by atoms with van der Waals surface area (Å²) in [6.07, 6.45) is 6.99. The highest BCUT2D eigenvalue weighted by atomic mass is 16.2. The molecular weight excluding hydrogens is 482 g/mol. The molecule has 1 aliphatic rings. The molecule has 10 heteroatoms. The summed E-state index contributed by atoms with van der Waals surface area (Å²) < 4.78 is 4.51. The van der Waals surface area contributed by atoms with Gasteiger partial charge in [0.15, 0.2) is 5.65 Å². The molecule has 0 aliphatic carbocycles. The number of likely N-dealkylation sites (tertiary alicyclic amines) is 1. The Bertz CT molecular complexity index is 1660. The number of rotatable bonds is 7. The highest BCUT2D eigenvalue weighted by Gasteiger charge is 2.20. The second-order valence-corrected chi connectivity index (χ2v) is 9.48. The lowest BCUT2D eigenvalue weighted by atomic mass is 10.1. The van der Waals surface area contributed by atoms with Crippen molar-refractivity contribution in [3.05, 3.63) is 68.6 Å². The zero-order chi connectivity index (χ0) is 26.6. The van der Waals surface area contributed by atoms with E-state index >= 15 is 0 Å². The first-order chi connectivity index (χ1) is 18.5. The predicted molar refractivity (Wildman–Crippen MR) is 145 cm³/mol. The number of aryl methyl sites for hydroxylation is 1. The first-order valence-electron chi connectivity index (χ1n) is 13.1. The molecule has 5 rings (SSSR count). The van der Waals surface area contributed by atoms with Gasteiger partial charge in [-0.1, -0.05) is 31.8 Å². The quantitative estimate of drug-likeness (QED) is 0.382. The summed E-state index contributed by atoms with van der Waals surface area (Å²) in [7, 11) is 0. The molecule has 0 bridgehead atoms. The third-order valence-electron chi connectivity index (χ3n) is 6.64. The van der Waals surface area contributed by atoms with E-state index in [0.29, 0.717) is 54.2 Å². The van der Waals surface area contributed by atoms with Crippen LogP contribution in [0.25, 0.3) is 22.6 Å². The number of aromatic amines is 1. The highest BCUT2D eigenvalue weighted by Crippen LogP contribution is 2.18. The molecule has 0 atom stereocenters. The van der Waals surface area contributed by atoms with Crippen molar-refractivity contribution in [1.29, 1.82) is 0 Å². The van der Waals surface area contributed by atoms with E-state index in [1.165, 1.54) is 4.57 Å². The minimum atomic E-state index is -0.360. The van der Waals surface area contributed by atoms with E-state index in [9.17, 15) is 14.4 Å². The summed E-state index contributed by atoms with van der Waals surface area (Å²) in [5.41, 5.74) is 2.11. The van der Waals surface area contributed by atoms with Crippen LogP contribution >= 0.6 is 0 Å². The fraction of sp³-hybridized carbons (Fsp3) is 0.393.